The van der Waals surface area contributed by atoms with Gasteiger partial charge in [-0.25, -0.2) is 0 Å². The third kappa shape index (κ3) is 1.69. The summed E-state index contributed by atoms with van der Waals surface area (Å²) in [5.74, 6) is 0.651. The average Bonchev–Trinajstić information content (AvgIpc) is 2.87. The summed E-state index contributed by atoms with van der Waals surface area (Å²) in [6, 6.07) is 3.79. The zero-order valence-corrected chi connectivity index (χ0v) is 10.6. The molecule has 1 aliphatic carbocycles. The lowest BCUT2D eigenvalue weighted by Crippen LogP contribution is -2.13. The van der Waals surface area contributed by atoms with Crippen molar-refractivity contribution in [3.05, 3.63) is 22.2 Å². The molecule has 1 heterocycles. The topological polar surface area (TPSA) is 55.8 Å². The second kappa shape index (κ2) is 3.63. The number of carboxylic acids is 1. The van der Waals surface area contributed by atoms with Crippen LogP contribution in [0.3, 0.4) is 0 Å². The Morgan fingerprint density at radius 3 is 2.82 bits per heavy atom. The van der Waals surface area contributed by atoms with Gasteiger partial charge in [0.2, 0.25) is 6.79 Å². The van der Waals surface area contributed by atoms with Gasteiger partial charge < -0.3 is 14.6 Å². The molecule has 1 aliphatic heterocycles. The van der Waals surface area contributed by atoms with Gasteiger partial charge in [0.05, 0.1) is 10.9 Å². The lowest BCUT2D eigenvalue weighted by molar-refractivity contribution is -0.137. The largest absolute Gasteiger partial charge is 0.481 e. The minimum atomic E-state index is -0.757. The van der Waals surface area contributed by atoms with Crippen molar-refractivity contribution in [1.29, 1.82) is 0 Å². The number of hydrogen-bond acceptors (Lipinski definition) is 3. The molecule has 2 aliphatic rings. The highest BCUT2D eigenvalue weighted by Crippen LogP contribution is 2.56. The molecule has 3 rings (SSSR count). The Balaban J connectivity index is 2.02. The van der Waals surface area contributed by atoms with Gasteiger partial charge in [0.1, 0.15) is 0 Å². The van der Waals surface area contributed by atoms with Crippen LogP contribution in [0.25, 0.3) is 0 Å². The second-order valence-electron chi connectivity index (χ2n) is 4.51. The van der Waals surface area contributed by atoms with Crippen LogP contribution in [0.5, 0.6) is 11.5 Å². The van der Waals surface area contributed by atoms with E-state index < -0.39 is 5.97 Å². The van der Waals surface area contributed by atoms with Crippen LogP contribution in [0.1, 0.15) is 24.8 Å². The summed E-state index contributed by atoms with van der Waals surface area (Å²) in [4.78, 5) is 10.9. The van der Waals surface area contributed by atoms with Gasteiger partial charge in [-0.15, -0.1) is 0 Å². The Morgan fingerprint density at radius 1 is 1.41 bits per heavy atom. The van der Waals surface area contributed by atoms with E-state index in [4.69, 9.17) is 14.6 Å². The first-order valence-electron chi connectivity index (χ1n) is 5.43. The summed E-state index contributed by atoms with van der Waals surface area (Å²) in [6.07, 6.45) is 2.00. The summed E-state index contributed by atoms with van der Waals surface area (Å²) < 4.78 is 11.5. The van der Waals surface area contributed by atoms with Gasteiger partial charge in [0.15, 0.2) is 11.5 Å². The second-order valence-corrected chi connectivity index (χ2v) is 5.30. The predicted molar refractivity (Wildman–Crippen MR) is 63.4 cm³/mol. The van der Waals surface area contributed by atoms with Crippen LogP contribution < -0.4 is 9.47 Å². The fourth-order valence-electron chi connectivity index (χ4n) is 2.33. The van der Waals surface area contributed by atoms with Gasteiger partial charge >= 0.3 is 5.97 Å². The van der Waals surface area contributed by atoms with Crippen molar-refractivity contribution < 1.29 is 19.4 Å². The molecule has 0 radical (unpaired) electrons. The number of halogens is 1. The SMILES string of the molecule is O=C(O)CC1(c2ccc3c(c2Br)OCO3)CC1. The molecule has 0 atom stereocenters. The van der Waals surface area contributed by atoms with E-state index in [1.54, 1.807) is 0 Å². The molecule has 0 bridgehead atoms. The summed E-state index contributed by atoms with van der Waals surface area (Å²) in [5, 5.41) is 8.96. The van der Waals surface area contributed by atoms with E-state index in [0.29, 0.717) is 11.5 Å². The van der Waals surface area contributed by atoms with Crippen LogP contribution in [-0.2, 0) is 10.2 Å². The smallest absolute Gasteiger partial charge is 0.304 e. The van der Waals surface area contributed by atoms with Gasteiger partial charge in [-0.3, -0.25) is 4.79 Å². The molecule has 90 valence electrons. The predicted octanol–water partition coefficient (Wildman–Crippen LogP) is 2.68. The molecule has 0 unspecified atom stereocenters. The molecule has 0 aromatic heterocycles. The summed E-state index contributed by atoms with van der Waals surface area (Å²) in [7, 11) is 0. The molecule has 0 saturated heterocycles. The number of ether oxygens (including phenoxy) is 2. The molecule has 5 heteroatoms. The van der Waals surface area contributed by atoms with E-state index in [1.165, 1.54) is 0 Å². The maximum absolute atomic E-state index is 10.9. The lowest BCUT2D eigenvalue weighted by atomic mass is 9.92. The molecule has 1 N–H and O–H groups in total. The van der Waals surface area contributed by atoms with Crippen LogP contribution in [0.15, 0.2) is 16.6 Å². The Hall–Kier alpha value is -1.23. The van der Waals surface area contributed by atoms with Crippen LogP contribution in [-0.4, -0.2) is 17.9 Å². The Kier molecular flexibility index (Phi) is 2.33. The van der Waals surface area contributed by atoms with E-state index in [1.807, 2.05) is 12.1 Å². The highest BCUT2D eigenvalue weighted by Gasteiger charge is 2.48. The highest BCUT2D eigenvalue weighted by molar-refractivity contribution is 9.10. The fourth-order valence-corrected chi connectivity index (χ4v) is 3.19. The monoisotopic (exact) mass is 298 g/mol. The lowest BCUT2D eigenvalue weighted by Gasteiger charge is -2.16. The molecular formula is C12H11BrO4. The number of rotatable bonds is 3. The fraction of sp³-hybridized carbons (Fsp3) is 0.417. The number of carbonyl (C=O) groups is 1. The van der Waals surface area contributed by atoms with Crippen molar-refractivity contribution >= 4 is 21.9 Å². The highest BCUT2D eigenvalue weighted by atomic mass is 79.9. The van der Waals surface area contributed by atoms with Gasteiger partial charge in [0, 0.05) is 5.41 Å². The third-order valence-corrected chi connectivity index (χ3v) is 4.18. The van der Waals surface area contributed by atoms with Gasteiger partial charge in [-0.2, -0.15) is 0 Å². The quantitative estimate of drug-likeness (QED) is 0.932. The van der Waals surface area contributed by atoms with Crippen LogP contribution >= 0.6 is 15.9 Å². The zero-order chi connectivity index (χ0) is 12.0. The van der Waals surface area contributed by atoms with Crippen LogP contribution in [0.4, 0.5) is 0 Å². The number of hydrogen-bond donors (Lipinski definition) is 1. The minimum Gasteiger partial charge on any atom is -0.481 e. The van der Waals surface area contributed by atoms with Crippen molar-refractivity contribution in [2.45, 2.75) is 24.7 Å². The van der Waals surface area contributed by atoms with Crippen LogP contribution in [0, 0.1) is 0 Å². The van der Waals surface area contributed by atoms with Crippen molar-refractivity contribution in [2.24, 2.45) is 0 Å². The van der Waals surface area contributed by atoms with Crippen molar-refractivity contribution in [3.63, 3.8) is 0 Å². The van der Waals surface area contributed by atoms with Crippen molar-refractivity contribution in [2.75, 3.05) is 6.79 Å². The molecule has 1 saturated carbocycles. The number of fused-ring (bicyclic) bond motifs is 1. The van der Waals surface area contributed by atoms with Gasteiger partial charge in [0.25, 0.3) is 0 Å². The Labute approximate surface area is 107 Å². The third-order valence-electron chi connectivity index (χ3n) is 3.39. The summed E-state index contributed by atoms with van der Waals surface area (Å²) in [6.45, 7) is 0.226. The summed E-state index contributed by atoms with van der Waals surface area (Å²) in [5.41, 5.74) is 0.801. The molecule has 0 amide bonds. The first-order chi connectivity index (χ1) is 8.12. The molecular weight excluding hydrogens is 288 g/mol. The first-order valence-corrected chi connectivity index (χ1v) is 6.22. The normalized spacial score (nSPS) is 19.1. The maximum Gasteiger partial charge on any atom is 0.304 e. The number of aliphatic carboxylic acids is 1. The zero-order valence-electron chi connectivity index (χ0n) is 9.03. The van der Waals surface area contributed by atoms with E-state index in [0.717, 1.165) is 22.9 Å². The molecule has 0 spiro atoms. The summed E-state index contributed by atoms with van der Waals surface area (Å²) >= 11 is 3.50. The van der Waals surface area contributed by atoms with E-state index in [2.05, 4.69) is 15.9 Å². The Bertz CT molecular complexity index is 494. The van der Waals surface area contributed by atoms with E-state index >= 15 is 0 Å². The minimum absolute atomic E-state index is 0.172. The number of carboxylic acid groups (broad SMARTS) is 1. The molecule has 17 heavy (non-hydrogen) atoms. The molecule has 1 fully saturated rings. The standard InChI is InChI=1S/C12H11BrO4/c13-10-7(12(3-4-12)5-9(14)15)1-2-8-11(10)17-6-16-8/h1-2H,3-6H2,(H,14,15). The van der Waals surface area contributed by atoms with E-state index in [-0.39, 0.29) is 18.6 Å². The van der Waals surface area contributed by atoms with Gasteiger partial charge in [-0.1, -0.05) is 6.07 Å². The maximum atomic E-state index is 10.9. The molecule has 1 aromatic carbocycles. The molecule has 4 nitrogen and oxygen atoms in total. The molecule has 1 aromatic rings. The Morgan fingerprint density at radius 2 is 2.18 bits per heavy atom. The van der Waals surface area contributed by atoms with Gasteiger partial charge in [-0.05, 0) is 40.4 Å². The van der Waals surface area contributed by atoms with Crippen LogP contribution in [0.2, 0.25) is 0 Å². The van der Waals surface area contributed by atoms with Crippen molar-refractivity contribution in [3.8, 4) is 11.5 Å². The number of benzene rings is 1. The first kappa shape index (κ1) is 10.9. The van der Waals surface area contributed by atoms with Crippen molar-refractivity contribution in [1.82, 2.24) is 0 Å². The van der Waals surface area contributed by atoms with E-state index in [9.17, 15) is 4.79 Å². The average molecular weight is 299 g/mol.